The van der Waals surface area contributed by atoms with Gasteiger partial charge in [0.25, 0.3) is 0 Å². The first-order valence-electron chi connectivity index (χ1n) is 9.96. The minimum atomic E-state index is -0.278. The second kappa shape index (κ2) is 11.1. The lowest BCUT2D eigenvalue weighted by Gasteiger charge is -2.07. The van der Waals surface area contributed by atoms with Crippen molar-refractivity contribution in [2.24, 2.45) is 0 Å². The fraction of sp³-hybridized carbons (Fsp3) is 0.292. The van der Waals surface area contributed by atoms with Gasteiger partial charge in [-0.3, -0.25) is 0 Å². The van der Waals surface area contributed by atoms with Gasteiger partial charge in [0.2, 0.25) is 0 Å². The number of aromatic nitrogens is 1. The molecule has 158 valence electrons. The van der Waals surface area contributed by atoms with Crippen LogP contribution in [0.15, 0.2) is 64.1 Å². The molecule has 1 heterocycles. The normalized spacial score (nSPS) is 11.5. The average Bonchev–Trinajstić information content (AvgIpc) is 3.01. The molecule has 0 bridgehead atoms. The van der Waals surface area contributed by atoms with Crippen LogP contribution in [0.25, 0.3) is 10.9 Å². The van der Waals surface area contributed by atoms with Crippen LogP contribution in [-0.2, 0) is 22.5 Å². The summed E-state index contributed by atoms with van der Waals surface area (Å²) < 4.78 is 8.37. The van der Waals surface area contributed by atoms with E-state index in [9.17, 15) is 4.79 Å². The van der Waals surface area contributed by atoms with Crippen molar-refractivity contribution in [3.63, 3.8) is 0 Å². The number of halogens is 2. The zero-order valence-corrected chi connectivity index (χ0v) is 20.3. The first-order valence-corrected chi connectivity index (χ1v) is 12.4. The number of nitrogens with zero attached hydrogens (tertiary/aromatic N) is 1. The number of esters is 1. The molecular formula is C24H25BrClNO2S. The Bertz CT molecular complexity index is 1040. The summed E-state index contributed by atoms with van der Waals surface area (Å²) in [5, 5.41) is 2.05. The molecule has 0 fully saturated rings. The first-order chi connectivity index (χ1) is 14.5. The Hall–Kier alpha value is -1.69. The van der Waals surface area contributed by atoms with Crippen molar-refractivity contribution < 1.29 is 9.53 Å². The van der Waals surface area contributed by atoms with Crippen molar-refractivity contribution in [1.82, 2.24) is 4.57 Å². The minimum absolute atomic E-state index is 0.278. The van der Waals surface area contributed by atoms with E-state index in [1.165, 1.54) is 33.0 Å². The highest BCUT2D eigenvalue weighted by Crippen LogP contribution is 2.38. The fourth-order valence-electron chi connectivity index (χ4n) is 3.51. The first kappa shape index (κ1) is 23.0. The zero-order chi connectivity index (χ0) is 21.5. The van der Waals surface area contributed by atoms with Crippen LogP contribution in [0.1, 0.15) is 30.9 Å². The highest BCUT2D eigenvalue weighted by atomic mass is 79.9. The predicted octanol–water partition coefficient (Wildman–Crippen LogP) is 7.27. The van der Waals surface area contributed by atoms with Crippen LogP contribution < -0.4 is 0 Å². The van der Waals surface area contributed by atoms with Crippen LogP contribution in [0.4, 0.5) is 0 Å². The van der Waals surface area contributed by atoms with E-state index in [1.54, 1.807) is 11.8 Å². The van der Waals surface area contributed by atoms with Gasteiger partial charge < -0.3 is 9.30 Å². The third-order valence-corrected chi connectivity index (χ3v) is 6.83. The number of unbranched alkanes of at least 4 members (excludes halogenated alkanes) is 1. The molecule has 3 aromatic rings. The topological polar surface area (TPSA) is 31.2 Å². The molecule has 0 unspecified atom stereocenters. The van der Waals surface area contributed by atoms with Gasteiger partial charge >= 0.3 is 5.97 Å². The Morgan fingerprint density at radius 3 is 2.70 bits per heavy atom. The Morgan fingerprint density at radius 2 is 2.00 bits per heavy atom. The van der Waals surface area contributed by atoms with E-state index >= 15 is 0 Å². The number of fused-ring (bicyclic) bond motifs is 1. The Morgan fingerprint density at radius 1 is 1.23 bits per heavy atom. The third kappa shape index (κ3) is 5.51. The molecule has 3 rings (SSSR count). The van der Waals surface area contributed by atoms with Crippen molar-refractivity contribution >= 4 is 56.2 Å². The Balaban J connectivity index is 1.86. The van der Waals surface area contributed by atoms with E-state index in [0.29, 0.717) is 6.61 Å². The fourth-order valence-corrected chi connectivity index (χ4v) is 4.99. The van der Waals surface area contributed by atoms with Crippen LogP contribution in [0.2, 0.25) is 5.02 Å². The zero-order valence-electron chi connectivity index (χ0n) is 17.2. The van der Waals surface area contributed by atoms with Crippen molar-refractivity contribution in [1.29, 1.82) is 0 Å². The number of allylic oxidation sites excluding steroid dienone is 1. The van der Waals surface area contributed by atoms with E-state index in [2.05, 4.69) is 57.1 Å². The number of thioether (sulfide) groups is 1. The third-order valence-electron chi connectivity index (χ3n) is 4.89. The summed E-state index contributed by atoms with van der Waals surface area (Å²) in [5.41, 5.74) is 3.75. The molecule has 30 heavy (non-hydrogen) atoms. The van der Waals surface area contributed by atoms with E-state index in [0.717, 1.165) is 35.4 Å². The molecule has 6 heteroatoms. The number of ether oxygens (including phenoxy) is 1. The molecule has 0 saturated heterocycles. The molecular weight excluding hydrogens is 482 g/mol. The smallest absolute Gasteiger partial charge is 0.330 e. The highest BCUT2D eigenvalue weighted by Gasteiger charge is 2.18. The van der Waals surface area contributed by atoms with Gasteiger partial charge in [-0.1, -0.05) is 35.9 Å². The lowest BCUT2D eigenvalue weighted by molar-refractivity contribution is -0.137. The maximum Gasteiger partial charge on any atom is 0.330 e. The standard InChI is InChI=1S/C24H25BrClNO2S/c1-3-29-22(28)10-5-4-6-15-27-20-8-7-9-21(30-2)23(20)19(24(27)25)16-17-11-13-18(26)14-12-17/h5,7-14H,3-4,6,15-16H2,1-2H3/b10-5+. The summed E-state index contributed by atoms with van der Waals surface area (Å²) in [6, 6.07) is 14.5. The maximum atomic E-state index is 11.4. The highest BCUT2D eigenvalue weighted by molar-refractivity contribution is 9.10. The van der Waals surface area contributed by atoms with Crippen molar-refractivity contribution in [2.75, 3.05) is 12.9 Å². The lowest BCUT2D eigenvalue weighted by Crippen LogP contribution is -2.00. The molecule has 0 aliphatic heterocycles. The molecule has 0 saturated carbocycles. The molecule has 3 nitrogen and oxygen atoms in total. The van der Waals surface area contributed by atoms with Crippen LogP contribution in [0.3, 0.4) is 0 Å². The van der Waals surface area contributed by atoms with Gasteiger partial charge in [0, 0.05) is 34.3 Å². The number of carbonyl (C=O) groups excluding carboxylic acids is 1. The second-order valence-electron chi connectivity index (χ2n) is 6.88. The summed E-state index contributed by atoms with van der Waals surface area (Å²) in [4.78, 5) is 12.7. The quantitative estimate of drug-likeness (QED) is 0.132. The van der Waals surface area contributed by atoms with Crippen molar-refractivity contribution in [2.45, 2.75) is 37.6 Å². The van der Waals surface area contributed by atoms with Crippen molar-refractivity contribution in [3.8, 4) is 0 Å². The number of carbonyl (C=O) groups is 1. The largest absolute Gasteiger partial charge is 0.463 e. The number of hydrogen-bond donors (Lipinski definition) is 0. The monoisotopic (exact) mass is 505 g/mol. The summed E-state index contributed by atoms with van der Waals surface area (Å²) in [7, 11) is 0. The molecule has 0 aliphatic carbocycles. The van der Waals surface area contributed by atoms with Gasteiger partial charge in [0.05, 0.1) is 16.7 Å². The van der Waals surface area contributed by atoms with E-state index in [-0.39, 0.29) is 5.97 Å². The second-order valence-corrected chi connectivity index (χ2v) is 8.91. The van der Waals surface area contributed by atoms with Gasteiger partial charge in [-0.05, 0) is 77.3 Å². The summed E-state index contributed by atoms with van der Waals surface area (Å²) in [5.74, 6) is -0.278. The molecule has 0 radical (unpaired) electrons. The molecule has 1 aromatic heterocycles. The molecule has 2 aromatic carbocycles. The van der Waals surface area contributed by atoms with Crippen molar-refractivity contribution in [3.05, 3.63) is 75.4 Å². The number of rotatable bonds is 9. The van der Waals surface area contributed by atoms with Gasteiger partial charge in [-0.2, -0.15) is 0 Å². The number of benzene rings is 2. The van der Waals surface area contributed by atoms with Gasteiger partial charge in [0.15, 0.2) is 0 Å². The van der Waals surface area contributed by atoms with Crippen LogP contribution in [0.5, 0.6) is 0 Å². The van der Waals surface area contributed by atoms with E-state index < -0.39 is 0 Å². The van der Waals surface area contributed by atoms with Gasteiger partial charge in [-0.15, -0.1) is 11.8 Å². The van der Waals surface area contributed by atoms with E-state index in [4.69, 9.17) is 16.3 Å². The van der Waals surface area contributed by atoms with Gasteiger partial charge in [-0.25, -0.2) is 4.79 Å². The Kier molecular flexibility index (Phi) is 8.49. The molecule has 0 atom stereocenters. The van der Waals surface area contributed by atoms with E-state index in [1.807, 2.05) is 25.1 Å². The number of hydrogen-bond acceptors (Lipinski definition) is 3. The SMILES string of the molecule is CCOC(=O)/C=C/CCCn1c(Br)c(Cc2ccc(Cl)cc2)c2c(SC)cccc21. The lowest BCUT2D eigenvalue weighted by atomic mass is 10.0. The predicted molar refractivity (Wildman–Crippen MR) is 131 cm³/mol. The van der Waals surface area contributed by atoms with Crippen LogP contribution in [-0.4, -0.2) is 23.4 Å². The minimum Gasteiger partial charge on any atom is -0.463 e. The molecule has 0 amide bonds. The Labute approximate surface area is 195 Å². The molecule has 0 spiro atoms. The molecule has 0 aliphatic rings. The summed E-state index contributed by atoms with van der Waals surface area (Å²) in [6.45, 7) is 3.08. The van der Waals surface area contributed by atoms with Crippen LogP contribution in [0, 0.1) is 0 Å². The number of aryl methyl sites for hydroxylation is 1. The summed E-state index contributed by atoms with van der Waals surface area (Å²) >= 11 is 11.7. The van der Waals surface area contributed by atoms with Gasteiger partial charge in [0.1, 0.15) is 0 Å². The summed E-state index contributed by atoms with van der Waals surface area (Å²) in [6.07, 6.45) is 8.11. The maximum absolute atomic E-state index is 11.4. The van der Waals surface area contributed by atoms with Crippen LogP contribution >= 0.6 is 39.3 Å². The molecule has 0 N–H and O–H groups in total. The average molecular weight is 507 g/mol.